The molecule has 1 atom stereocenters. The molecule has 98 valence electrons. The zero-order valence-electron chi connectivity index (χ0n) is 9.91. The Morgan fingerprint density at radius 3 is 2.67 bits per heavy atom. The van der Waals surface area contributed by atoms with Gasteiger partial charge in [0.1, 0.15) is 0 Å². The van der Waals surface area contributed by atoms with E-state index in [2.05, 4.69) is 5.32 Å². The van der Waals surface area contributed by atoms with Crippen molar-refractivity contribution in [3.05, 3.63) is 34.4 Å². The summed E-state index contributed by atoms with van der Waals surface area (Å²) in [5.41, 5.74) is 0.0929. The number of benzene rings is 1. The normalized spacial score (nSPS) is 16.5. The summed E-state index contributed by atoms with van der Waals surface area (Å²) in [7, 11) is 0. The van der Waals surface area contributed by atoms with Crippen molar-refractivity contribution in [3.63, 3.8) is 0 Å². The third-order valence-electron chi connectivity index (χ3n) is 2.71. The molecule has 18 heavy (non-hydrogen) atoms. The van der Waals surface area contributed by atoms with Crippen LogP contribution in [0.3, 0.4) is 0 Å². The van der Waals surface area contributed by atoms with Crippen LogP contribution in [-0.4, -0.2) is 34.5 Å². The Labute approximate surface area is 110 Å². The number of hydrogen-bond donors (Lipinski definition) is 2. The molecule has 2 rings (SSSR count). The standard InChI is InChI=1S/C12H16N2O3S/c15-11(7-13-9-1-2-9)8-18-12-5-3-10(4-6-12)14(16)17/h3-6,9,11,13,15H,1-2,7-8H2. The maximum atomic E-state index is 10.5. The van der Waals surface area contributed by atoms with Gasteiger partial charge in [0, 0.05) is 35.4 Å². The summed E-state index contributed by atoms with van der Waals surface area (Å²) in [5.74, 6) is 0.595. The van der Waals surface area contributed by atoms with Gasteiger partial charge < -0.3 is 10.4 Å². The number of nitrogens with zero attached hydrogens (tertiary/aromatic N) is 1. The molecule has 6 heteroatoms. The van der Waals surface area contributed by atoms with E-state index in [9.17, 15) is 15.2 Å². The molecular weight excluding hydrogens is 252 g/mol. The van der Waals surface area contributed by atoms with Crippen LogP contribution in [-0.2, 0) is 0 Å². The van der Waals surface area contributed by atoms with Gasteiger partial charge in [0.2, 0.25) is 0 Å². The van der Waals surface area contributed by atoms with Gasteiger partial charge >= 0.3 is 0 Å². The Morgan fingerprint density at radius 1 is 1.44 bits per heavy atom. The van der Waals surface area contributed by atoms with E-state index in [-0.39, 0.29) is 11.8 Å². The molecule has 0 saturated heterocycles. The quantitative estimate of drug-likeness (QED) is 0.448. The Bertz CT molecular complexity index is 406. The zero-order chi connectivity index (χ0) is 13.0. The fourth-order valence-corrected chi connectivity index (χ4v) is 2.34. The molecule has 1 aromatic rings. The van der Waals surface area contributed by atoms with E-state index < -0.39 is 4.92 Å². The highest BCUT2D eigenvalue weighted by Gasteiger charge is 2.21. The molecule has 1 aliphatic carbocycles. The molecule has 2 N–H and O–H groups in total. The molecule has 0 heterocycles. The lowest BCUT2D eigenvalue weighted by molar-refractivity contribution is -0.384. The summed E-state index contributed by atoms with van der Waals surface area (Å²) in [6.45, 7) is 0.616. The van der Waals surface area contributed by atoms with E-state index in [1.165, 1.54) is 36.7 Å². The van der Waals surface area contributed by atoms with Gasteiger partial charge in [-0.05, 0) is 25.0 Å². The molecule has 5 nitrogen and oxygen atoms in total. The minimum absolute atomic E-state index is 0.0929. The van der Waals surface area contributed by atoms with Gasteiger partial charge in [-0.3, -0.25) is 10.1 Å². The minimum atomic E-state index is -0.414. The highest BCUT2D eigenvalue weighted by atomic mass is 32.2. The van der Waals surface area contributed by atoms with Crippen LogP contribution in [0.5, 0.6) is 0 Å². The topological polar surface area (TPSA) is 75.4 Å². The first-order valence-electron chi connectivity index (χ1n) is 5.94. The summed E-state index contributed by atoms with van der Waals surface area (Å²) in [5, 5.41) is 23.5. The van der Waals surface area contributed by atoms with E-state index in [0.717, 1.165) is 4.90 Å². The number of non-ortho nitro benzene ring substituents is 1. The molecule has 0 aromatic heterocycles. The lowest BCUT2D eigenvalue weighted by atomic mass is 10.3. The highest BCUT2D eigenvalue weighted by molar-refractivity contribution is 7.99. The molecule has 1 fully saturated rings. The van der Waals surface area contributed by atoms with Crippen molar-refractivity contribution in [3.8, 4) is 0 Å². The predicted octanol–water partition coefficient (Wildman–Crippen LogP) is 1.80. The van der Waals surface area contributed by atoms with E-state index in [1.807, 2.05) is 0 Å². The smallest absolute Gasteiger partial charge is 0.269 e. The molecular formula is C12H16N2O3S. The number of nitro benzene ring substituents is 1. The molecule has 1 aromatic carbocycles. The summed E-state index contributed by atoms with van der Waals surface area (Å²) in [4.78, 5) is 11.0. The van der Waals surface area contributed by atoms with Crippen molar-refractivity contribution in [1.82, 2.24) is 5.32 Å². The van der Waals surface area contributed by atoms with Crippen molar-refractivity contribution in [2.75, 3.05) is 12.3 Å². The Morgan fingerprint density at radius 2 is 2.11 bits per heavy atom. The number of rotatable bonds is 7. The van der Waals surface area contributed by atoms with Crippen molar-refractivity contribution in [1.29, 1.82) is 0 Å². The minimum Gasteiger partial charge on any atom is -0.391 e. The number of nitro groups is 1. The van der Waals surface area contributed by atoms with E-state index >= 15 is 0 Å². The molecule has 0 radical (unpaired) electrons. The third-order valence-corrected chi connectivity index (χ3v) is 3.87. The molecule has 1 saturated carbocycles. The fourth-order valence-electron chi connectivity index (χ4n) is 1.51. The van der Waals surface area contributed by atoms with Gasteiger partial charge in [0.05, 0.1) is 11.0 Å². The maximum Gasteiger partial charge on any atom is 0.269 e. The first-order chi connectivity index (χ1) is 8.65. The lowest BCUT2D eigenvalue weighted by Gasteiger charge is -2.10. The highest BCUT2D eigenvalue weighted by Crippen LogP contribution is 2.22. The predicted molar refractivity (Wildman–Crippen MR) is 70.9 cm³/mol. The first kappa shape index (κ1) is 13.3. The largest absolute Gasteiger partial charge is 0.391 e. The molecule has 0 bridgehead atoms. The van der Waals surface area contributed by atoms with E-state index in [1.54, 1.807) is 12.1 Å². The Balaban J connectivity index is 1.72. The third kappa shape index (κ3) is 4.29. The number of thioether (sulfide) groups is 1. The monoisotopic (exact) mass is 268 g/mol. The van der Waals surface area contributed by atoms with Gasteiger partial charge in [0.15, 0.2) is 0 Å². The van der Waals surface area contributed by atoms with Crippen molar-refractivity contribution in [2.45, 2.75) is 29.9 Å². The number of nitrogens with one attached hydrogen (secondary N) is 1. The lowest BCUT2D eigenvalue weighted by Crippen LogP contribution is -2.29. The van der Waals surface area contributed by atoms with Gasteiger partial charge in [-0.2, -0.15) is 0 Å². The van der Waals surface area contributed by atoms with Gasteiger partial charge in [-0.15, -0.1) is 11.8 Å². The molecule has 1 unspecified atom stereocenters. The van der Waals surface area contributed by atoms with Gasteiger partial charge in [0.25, 0.3) is 5.69 Å². The molecule has 0 spiro atoms. The van der Waals surface area contributed by atoms with Crippen LogP contribution in [0.25, 0.3) is 0 Å². The van der Waals surface area contributed by atoms with Crippen LogP contribution in [0.4, 0.5) is 5.69 Å². The van der Waals surface area contributed by atoms with Crippen LogP contribution in [0.15, 0.2) is 29.2 Å². The summed E-state index contributed by atoms with van der Waals surface area (Å²) < 4.78 is 0. The van der Waals surface area contributed by atoms with Gasteiger partial charge in [-0.1, -0.05) is 0 Å². The molecule has 1 aliphatic rings. The second-order valence-electron chi connectivity index (χ2n) is 4.40. The summed E-state index contributed by atoms with van der Waals surface area (Å²) >= 11 is 1.51. The Hall–Kier alpha value is -1.11. The average molecular weight is 268 g/mol. The summed E-state index contributed by atoms with van der Waals surface area (Å²) in [6.07, 6.45) is 2.04. The number of hydrogen-bond acceptors (Lipinski definition) is 5. The zero-order valence-corrected chi connectivity index (χ0v) is 10.7. The van der Waals surface area contributed by atoms with E-state index in [4.69, 9.17) is 0 Å². The van der Waals surface area contributed by atoms with Crippen LogP contribution >= 0.6 is 11.8 Å². The Kier molecular flexibility index (Phi) is 4.57. The molecule has 0 aliphatic heterocycles. The van der Waals surface area contributed by atoms with Crippen LogP contribution in [0.2, 0.25) is 0 Å². The average Bonchev–Trinajstić information content (AvgIpc) is 3.18. The summed E-state index contributed by atoms with van der Waals surface area (Å²) in [6, 6.07) is 6.99. The number of aliphatic hydroxyl groups excluding tert-OH is 1. The second-order valence-corrected chi connectivity index (χ2v) is 5.49. The van der Waals surface area contributed by atoms with Crippen molar-refractivity contribution in [2.24, 2.45) is 0 Å². The van der Waals surface area contributed by atoms with Crippen molar-refractivity contribution >= 4 is 17.4 Å². The van der Waals surface area contributed by atoms with Crippen LogP contribution < -0.4 is 5.32 Å². The fraction of sp³-hybridized carbons (Fsp3) is 0.500. The number of aliphatic hydroxyl groups is 1. The van der Waals surface area contributed by atoms with Crippen LogP contribution in [0.1, 0.15) is 12.8 Å². The van der Waals surface area contributed by atoms with Crippen molar-refractivity contribution < 1.29 is 10.0 Å². The maximum absolute atomic E-state index is 10.5. The van der Waals surface area contributed by atoms with Gasteiger partial charge in [-0.25, -0.2) is 0 Å². The SMILES string of the molecule is O=[N+]([O-])c1ccc(SCC(O)CNC2CC2)cc1. The molecule has 0 amide bonds. The van der Waals surface area contributed by atoms with Crippen LogP contribution in [0, 0.1) is 10.1 Å². The van der Waals surface area contributed by atoms with E-state index in [0.29, 0.717) is 18.3 Å². The first-order valence-corrected chi connectivity index (χ1v) is 6.92. The second kappa shape index (κ2) is 6.17.